The van der Waals surface area contributed by atoms with Crippen molar-refractivity contribution >= 4 is 11.8 Å². The fraction of sp³-hybridized carbons (Fsp3) is 0.857. The second kappa shape index (κ2) is 7.04. The molecule has 0 aromatic heterocycles. The zero-order valence-electron chi connectivity index (χ0n) is 13.4. The lowest BCUT2D eigenvalue weighted by Crippen LogP contribution is -2.59. The Balaban J connectivity index is 2.50. The number of hydrogen-bond acceptors (Lipinski definition) is 4. The van der Waals surface area contributed by atoms with E-state index in [0.29, 0.717) is 32.7 Å². The van der Waals surface area contributed by atoms with Crippen molar-refractivity contribution in [1.29, 1.82) is 0 Å². The minimum atomic E-state index is -0.537. The van der Waals surface area contributed by atoms with Crippen LogP contribution in [0.25, 0.3) is 0 Å². The molecule has 0 saturated carbocycles. The minimum Gasteiger partial charge on any atom is -0.338 e. The predicted octanol–water partition coefficient (Wildman–Crippen LogP) is -0.393. The summed E-state index contributed by atoms with van der Waals surface area (Å²) in [6.07, 6.45) is 0. The van der Waals surface area contributed by atoms with Crippen LogP contribution in [0.1, 0.15) is 20.8 Å². The topological polar surface area (TPSA) is 55.9 Å². The van der Waals surface area contributed by atoms with E-state index < -0.39 is 5.54 Å². The van der Waals surface area contributed by atoms with Gasteiger partial charge in [0.15, 0.2) is 0 Å². The van der Waals surface area contributed by atoms with Gasteiger partial charge in [-0.25, -0.2) is 0 Å². The van der Waals surface area contributed by atoms with Crippen LogP contribution >= 0.6 is 0 Å². The van der Waals surface area contributed by atoms with Crippen LogP contribution in [0.15, 0.2) is 0 Å². The van der Waals surface area contributed by atoms with Gasteiger partial charge in [0.1, 0.15) is 0 Å². The molecule has 0 aromatic rings. The van der Waals surface area contributed by atoms with Gasteiger partial charge in [-0.15, -0.1) is 0 Å². The summed E-state index contributed by atoms with van der Waals surface area (Å²) in [5.41, 5.74) is -0.537. The van der Waals surface area contributed by atoms with E-state index in [-0.39, 0.29) is 11.8 Å². The average molecular weight is 284 g/mol. The smallest absolute Gasteiger partial charge is 0.242 e. The van der Waals surface area contributed by atoms with Crippen molar-refractivity contribution in [3.8, 4) is 0 Å². The summed E-state index contributed by atoms with van der Waals surface area (Å²) in [5, 5.41) is 3.20. The number of carbonyl (C=O) groups excluding carboxylic acids is 2. The molecule has 1 aliphatic rings. The van der Waals surface area contributed by atoms with Gasteiger partial charge in [-0.05, 0) is 34.5 Å². The van der Waals surface area contributed by atoms with Gasteiger partial charge < -0.3 is 20.0 Å². The molecule has 2 amide bonds. The van der Waals surface area contributed by atoms with E-state index >= 15 is 0 Å². The maximum atomic E-state index is 12.4. The Morgan fingerprint density at radius 2 is 1.60 bits per heavy atom. The van der Waals surface area contributed by atoms with E-state index in [2.05, 4.69) is 5.32 Å². The first-order chi connectivity index (χ1) is 9.27. The third kappa shape index (κ3) is 4.45. The molecule has 1 aliphatic heterocycles. The van der Waals surface area contributed by atoms with Crippen molar-refractivity contribution in [1.82, 2.24) is 20.0 Å². The normalized spacial score (nSPS) is 16.7. The molecule has 6 heteroatoms. The van der Waals surface area contributed by atoms with Crippen LogP contribution in [-0.2, 0) is 9.59 Å². The molecule has 0 bridgehead atoms. The predicted molar refractivity (Wildman–Crippen MR) is 79.5 cm³/mol. The molecule has 1 heterocycles. The van der Waals surface area contributed by atoms with Crippen LogP contribution in [-0.4, -0.2) is 85.4 Å². The third-order valence-electron chi connectivity index (χ3n) is 3.52. The van der Waals surface area contributed by atoms with Gasteiger partial charge in [-0.3, -0.25) is 9.59 Å². The van der Waals surface area contributed by atoms with Gasteiger partial charge >= 0.3 is 0 Å². The highest BCUT2D eigenvalue weighted by Gasteiger charge is 2.33. The van der Waals surface area contributed by atoms with Crippen LogP contribution in [0.4, 0.5) is 0 Å². The quantitative estimate of drug-likeness (QED) is 0.747. The number of amides is 2. The summed E-state index contributed by atoms with van der Waals surface area (Å²) in [4.78, 5) is 29.9. The summed E-state index contributed by atoms with van der Waals surface area (Å²) < 4.78 is 0. The first-order valence-electron chi connectivity index (χ1n) is 7.25. The number of nitrogens with one attached hydrogen (secondary N) is 1. The first kappa shape index (κ1) is 16.9. The Bertz CT molecular complexity index is 347. The Morgan fingerprint density at radius 3 is 2.05 bits per heavy atom. The maximum absolute atomic E-state index is 12.4. The second-order valence-corrected chi connectivity index (χ2v) is 6.07. The van der Waals surface area contributed by atoms with E-state index in [1.54, 1.807) is 0 Å². The Hall–Kier alpha value is -1.14. The molecule has 20 heavy (non-hydrogen) atoms. The summed E-state index contributed by atoms with van der Waals surface area (Å²) in [7, 11) is 3.77. The zero-order chi connectivity index (χ0) is 15.3. The van der Waals surface area contributed by atoms with E-state index in [9.17, 15) is 9.59 Å². The Labute approximate surface area is 122 Å². The molecule has 0 unspecified atom stereocenters. The van der Waals surface area contributed by atoms with Crippen LogP contribution in [0.5, 0.6) is 0 Å². The fourth-order valence-corrected chi connectivity index (χ4v) is 2.44. The molecule has 1 saturated heterocycles. The highest BCUT2D eigenvalue weighted by molar-refractivity contribution is 5.86. The van der Waals surface area contributed by atoms with Crippen molar-refractivity contribution in [2.75, 3.05) is 53.4 Å². The van der Waals surface area contributed by atoms with Crippen molar-refractivity contribution in [3.05, 3.63) is 0 Å². The lowest BCUT2D eigenvalue weighted by Gasteiger charge is -2.39. The van der Waals surface area contributed by atoms with Gasteiger partial charge in [0, 0.05) is 26.2 Å². The lowest BCUT2D eigenvalue weighted by molar-refractivity contribution is -0.143. The molecule has 0 spiro atoms. The molecule has 0 aliphatic carbocycles. The summed E-state index contributed by atoms with van der Waals surface area (Å²) in [6, 6.07) is 0. The number of rotatable bonds is 5. The first-order valence-corrected chi connectivity index (χ1v) is 7.25. The van der Waals surface area contributed by atoms with Crippen LogP contribution in [0.3, 0.4) is 0 Å². The molecule has 1 rings (SSSR count). The minimum absolute atomic E-state index is 0.110. The van der Waals surface area contributed by atoms with Crippen LogP contribution in [0.2, 0.25) is 0 Å². The molecular formula is C14H28N4O2. The maximum Gasteiger partial charge on any atom is 0.242 e. The van der Waals surface area contributed by atoms with Gasteiger partial charge in [0.2, 0.25) is 11.8 Å². The van der Waals surface area contributed by atoms with Crippen LogP contribution in [0, 0.1) is 0 Å². The number of hydrogen-bond donors (Lipinski definition) is 1. The van der Waals surface area contributed by atoms with E-state index in [4.69, 9.17) is 0 Å². The number of nitrogens with zero attached hydrogens (tertiary/aromatic N) is 3. The van der Waals surface area contributed by atoms with Gasteiger partial charge in [0.25, 0.3) is 0 Å². The molecule has 1 fully saturated rings. The van der Waals surface area contributed by atoms with Gasteiger partial charge in [0.05, 0.1) is 12.1 Å². The second-order valence-electron chi connectivity index (χ2n) is 6.07. The zero-order valence-corrected chi connectivity index (χ0v) is 13.4. The van der Waals surface area contributed by atoms with Gasteiger partial charge in [-0.2, -0.15) is 0 Å². The van der Waals surface area contributed by atoms with Crippen molar-refractivity contribution in [2.24, 2.45) is 0 Å². The van der Waals surface area contributed by atoms with E-state index in [0.717, 1.165) is 6.54 Å². The SMILES string of the molecule is CCNC(C)(C)C(=O)N1CCN(C(=O)CN(C)C)CC1. The summed E-state index contributed by atoms with van der Waals surface area (Å²) in [6.45, 7) is 9.48. The van der Waals surface area contributed by atoms with E-state index in [1.165, 1.54) is 0 Å². The largest absolute Gasteiger partial charge is 0.338 e. The molecule has 0 atom stereocenters. The molecular weight excluding hydrogens is 256 g/mol. The fourth-order valence-electron chi connectivity index (χ4n) is 2.44. The van der Waals surface area contributed by atoms with Crippen LogP contribution < -0.4 is 5.32 Å². The van der Waals surface area contributed by atoms with E-state index in [1.807, 2.05) is 49.6 Å². The summed E-state index contributed by atoms with van der Waals surface area (Å²) in [5.74, 6) is 0.243. The number of piperazine rings is 1. The number of carbonyl (C=O) groups is 2. The molecule has 0 radical (unpaired) electrons. The highest BCUT2D eigenvalue weighted by Crippen LogP contribution is 2.11. The highest BCUT2D eigenvalue weighted by atomic mass is 16.2. The lowest BCUT2D eigenvalue weighted by atomic mass is 10.0. The average Bonchev–Trinajstić information content (AvgIpc) is 2.37. The third-order valence-corrected chi connectivity index (χ3v) is 3.52. The molecule has 0 aromatic carbocycles. The summed E-state index contributed by atoms with van der Waals surface area (Å²) >= 11 is 0. The van der Waals surface area contributed by atoms with Crippen molar-refractivity contribution in [3.63, 3.8) is 0 Å². The Kier molecular flexibility index (Phi) is 5.95. The monoisotopic (exact) mass is 284 g/mol. The molecule has 116 valence electrons. The Morgan fingerprint density at radius 1 is 1.10 bits per heavy atom. The van der Waals surface area contributed by atoms with Gasteiger partial charge in [-0.1, -0.05) is 6.92 Å². The number of likely N-dealkylation sites (N-methyl/N-ethyl adjacent to an activating group) is 2. The standard InChI is InChI=1S/C14H28N4O2/c1-6-15-14(2,3)13(20)18-9-7-17(8-10-18)12(19)11-16(4)5/h15H,6-11H2,1-5H3. The van der Waals surface area contributed by atoms with Crippen molar-refractivity contribution in [2.45, 2.75) is 26.3 Å². The molecule has 6 nitrogen and oxygen atoms in total. The van der Waals surface area contributed by atoms with Crippen molar-refractivity contribution < 1.29 is 9.59 Å². The molecule has 1 N–H and O–H groups in total.